The van der Waals surface area contributed by atoms with E-state index >= 15 is 0 Å². The average Bonchev–Trinajstić information content (AvgIpc) is 3.21. The Kier molecular flexibility index (Phi) is 4.01. The van der Waals surface area contributed by atoms with Crippen molar-refractivity contribution in [2.75, 3.05) is 13.7 Å². The van der Waals surface area contributed by atoms with Gasteiger partial charge in [0.15, 0.2) is 5.82 Å². The van der Waals surface area contributed by atoms with Crippen LogP contribution in [-0.4, -0.2) is 34.5 Å². The van der Waals surface area contributed by atoms with Gasteiger partial charge in [-0.15, -0.1) is 11.3 Å². The van der Waals surface area contributed by atoms with Crippen molar-refractivity contribution in [3.63, 3.8) is 0 Å². The quantitative estimate of drug-likeness (QED) is 0.758. The summed E-state index contributed by atoms with van der Waals surface area (Å²) in [6.07, 6.45) is 0.685. The molecule has 2 aromatic heterocycles. The first-order chi connectivity index (χ1) is 12.2. The highest BCUT2D eigenvalue weighted by atomic mass is 32.1. The van der Waals surface area contributed by atoms with Crippen LogP contribution < -0.4 is 10.1 Å². The summed E-state index contributed by atoms with van der Waals surface area (Å²) in [5.74, 6) is 1.44. The van der Waals surface area contributed by atoms with Gasteiger partial charge in [-0.25, -0.2) is 9.97 Å². The standard InChI is InChI=1S/C18H18N4O2S/c1-10-20-14(9-25-10)17-21-13-7-11(8-19-18(23)16(13)22-17)12-5-3-4-6-15(12)24-2/h3-6,9,11H,7-8H2,1-2H3,(H,19,23)(H,21,22)/t11-/m1/s1. The number of carbonyl (C=O) groups excluding carboxylic acids is 1. The van der Waals surface area contributed by atoms with Crippen molar-refractivity contribution in [2.45, 2.75) is 19.3 Å². The number of hydrogen-bond acceptors (Lipinski definition) is 5. The second kappa shape index (κ2) is 6.33. The third kappa shape index (κ3) is 2.91. The second-order valence-electron chi connectivity index (χ2n) is 6.02. The van der Waals surface area contributed by atoms with E-state index in [-0.39, 0.29) is 11.8 Å². The van der Waals surface area contributed by atoms with Crippen LogP contribution in [0.3, 0.4) is 0 Å². The SMILES string of the molecule is COc1ccccc1[C@H]1CNC(=O)c2nc(-c3csc(C)n3)[nH]c2C1. The molecule has 1 aliphatic heterocycles. The number of nitrogens with zero attached hydrogens (tertiary/aromatic N) is 2. The predicted octanol–water partition coefficient (Wildman–Crippen LogP) is 2.92. The molecule has 3 aromatic rings. The molecule has 1 atom stereocenters. The molecule has 4 rings (SSSR count). The Morgan fingerprint density at radius 2 is 2.12 bits per heavy atom. The van der Waals surface area contributed by atoms with E-state index in [1.807, 2.05) is 36.6 Å². The van der Waals surface area contributed by atoms with Crippen LogP contribution in [0.15, 0.2) is 29.6 Å². The van der Waals surface area contributed by atoms with E-state index in [9.17, 15) is 4.79 Å². The van der Waals surface area contributed by atoms with Crippen LogP contribution in [0.2, 0.25) is 0 Å². The number of ether oxygens (including phenoxy) is 1. The van der Waals surface area contributed by atoms with Gasteiger partial charge in [0.25, 0.3) is 5.91 Å². The molecule has 0 aliphatic carbocycles. The topological polar surface area (TPSA) is 79.9 Å². The van der Waals surface area contributed by atoms with E-state index in [0.29, 0.717) is 24.5 Å². The summed E-state index contributed by atoms with van der Waals surface area (Å²) in [6.45, 7) is 2.50. The number of imidazole rings is 1. The van der Waals surface area contributed by atoms with Crippen LogP contribution in [0.5, 0.6) is 5.75 Å². The minimum atomic E-state index is -0.151. The molecule has 0 saturated carbocycles. The number of carbonyl (C=O) groups is 1. The lowest BCUT2D eigenvalue weighted by molar-refractivity contribution is 0.0950. The van der Waals surface area contributed by atoms with Crippen LogP contribution >= 0.6 is 11.3 Å². The fourth-order valence-corrected chi connectivity index (χ4v) is 3.78. The predicted molar refractivity (Wildman–Crippen MR) is 96.2 cm³/mol. The van der Waals surface area contributed by atoms with Crippen molar-refractivity contribution in [1.82, 2.24) is 20.3 Å². The molecule has 1 aliphatic rings. The maximum absolute atomic E-state index is 12.4. The van der Waals surface area contributed by atoms with Gasteiger partial charge >= 0.3 is 0 Å². The number of fused-ring (bicyclic) bond motifs is 1. The summed E-state index contributed by atoms with van der Waals surface area (Å²) in [5, 5.41) is 5.89. The Morgan fingerprint density at radius 3 is 2.88 bits per heavy atom. The van der Waals surface area contributed by atoms with Crippen LogP contribution in [0.25, 0.3) is 11.5 Å². The highest BCUT2D eigenvalue weighted by molar-refractivity contribution is 7.09. The molecule has 3 heterocycles. The smallest absolute Gasteiger partial charge is 0.271 e. The molecule has 0 unspecified atom stereocenters. The number of amides is 1. The zero-order chi connectivity index (χ0) is 17.4. The Balaban J connectivity index is 1.71. The highest BCUT2D eigenvalue weighted by Crippen LogP contribution is 2.31. The zero-order valence-electron chi connectivity index (χ0n) is 14.0. The molecule has 0 saturated heterocycles. The molecule has 0 radical (unpaired) electrons. The number of aryl methyl sites for hydroxylation is 1. The normalized spacial score (nSPS) is 16.9. The van der Waals surface area contributed by atoms with Crippen LogP contribution in [0.1, 0.15) is 32.7 Å². The van der Waals surface area contributed by atoms with Gasteiger partial charge < -0.3 is 15.0 Å². The van der Waals surface area contributed by atoms with E-state index in [0.717, 1.165) is 27.7 Å². The summed E-state index contributed by atoms with van der Waals surface area (Å²) in [4.78, 5) is 24.7. The highest BCUT2D eigenvalue weighted by Gasteiger charge is 2.28. The van der Waals surface area contributed by atoms with Crippen molar-refractivity contribution < 1.29 is 9.53 Å². The monoisotopic (exact) mass is 354 g/mol. The summed E-state index contributed by atoms with van der Waals surface area (Å²) in [6, 6.07) is 7.92. The molecule has 25 heavy (non-hydrogen) atoms. The Hall–Kier alpha value is -2.67. The summed E-state index contributed by atoms with van der Waals surface area (Å²) < 4.78 is 5.48. The molecule has 0 spiro atoms. The van der Waals surface area contributed by atoms with E-state index in [1.54, 1.807) is 18.4 Å². The Morgan fingerprint density at radius 1 is 1.28 bits per heavy atom. The van der Waals surface area contributed by atoms with Gasteiger partial charge in [-0.05, 0) is 25.0 Å². The third-order valence-corrected chi connectivity index (χ3v) is 5.17. The number of benzene rings is 1. The van der Waals surface area contributed by atoms with E-state index < -0.39 is 0 Å². The van der Waals surface area contributed by atoms with Crippen LogP contribution in [-0.2, 0) is 6.42 Å². The minimum Gasteiger partial charge on any atom is -0.496 e. The van der Waals surface area contributed by atoms with Crippen LogP contribution in [0, 0.1) is 6.92 Å². The number of methoxy groups -OCH3 is 1. The van der Waals surface area contributed by atoms with Crippen LogP contribution in [0.4, 0.5) is 0 Å². The molecule has 6 nitrogen and oxygen atoms in total. The molecule has 0 bridgehead atoms. The fourth-order valence-electron chi connectivity index (χ4n) is 3.18. The fraction of sp³-hybridized carbons (Fsp3) is 0.278. The summed E-state index contributed by atoms with van der Waals surface area (Å²) in [5.41, 5.74) is 3.15. The van der Waals surface area contributed by atoms with Crippen molar-refractivity contribution in [3.8, 4) is 17.3 Å². The summed E-state index contributed by atoms with van der Waals surface area (Å²) in [7, 11) is 1.67. The average molecular weight is 354 g/mol. The molecule has 1 aromatic carbocycles. The van der Waals surface area contributed by atoms with Gasteiger partial charge in [0.2, 0.25) is 0 Å². The lowest BCUT2D eigenvalue weighted by Gasteiger charge is -2.17. The van der Waals surface area contributed by atoms with Crippen molar-refractivity contribution >= 4 is 17.2 Å². The van der Waals surface area contributed by atoms with Gasteiger partial charge in [0.05, 0.1) is 12.1 Å². The van der Waals surface area contributed by atoms with E-state index in [2.05, 4.69) is 20.3 Å². The summed E-state index contributed by atoms with van der Waals surface area (Å²) >= 11 is 1.56. The minimum absolute atomic E-state index is 0.117. The van der Waals surface area contributed by atoms with E-state index in [4.69, 9.17) is 4.74 Å². The van der Waals surface area contributed by atoms with Crippen molar-refractivity contribution in [3.05, 3.63) is 51.6 Å². The number of thiazole rings is 1. The first kappa shape index (κ1) is 15.8. The number of H-pyrrole nitrogens is 1. The van der Waals surface area contributed by atoms with E-state index in [1.165, 1.54) is 0 Å². The molecule has 128 valence electrons. The number of aromatic amines is 1. The molecular formula is C18H18N4O2S. The first-order valence-electron chi connectivity index (χ1n) is 8.08. The second-order valence-corrected chi connectivity index (χ2v) is 7.08. The molecule has 2 N–H and O–H groups in total. The van der Waals surface area contributed by atoms with Gasteiger partial charge in [-0.3, -0.25) is 4.79 Å². The Labute approximate surface area is 149 Å². The van der Waals surface area contributed by atoms with Crippen molar-refractivity contribution in [2.24, 2.45) is 0 Å². The number of nitrogens with one attached hydrogen (secondary N) is 2. The van der Waals surface area contributed by atoms with Gasteiger partial charge in [-0.1, -0.05) is 18.2 Å². The number of para-hydroxylation sites is 1. The van der Waals surface area contributed by atoms with Gasteiger partial charge in [-0.2, -0.15) is 0 Å². The third-order valence-electron chi connectivity index (χ3n) is 4.39. The number of rotatable bonds is 3. The molecule has 1 amide bonds. The number of hydrogen-bond donors (Lipinski definition) is 2. The lowest BCUT2D eigenvalue weighted by atomic mass is 9.93. The number of aromatic nitrogens is 3. The van der Waals surface area contributed by atoms with Crippen molar-refractivity contribution in [1.29, 1.82) is 0 Å². The molecular weight excluding hydrogens is 336 g/mol. The Bertz CT molecular complexity index is 931. The first-order valence-corrected chi connectivity index (χ1v) is 8.96. The lowest BCUT2D eigenvalue weighted by Crippen LogP contribution is -2.26. The zero-order valence-corrected chi connectivity index (χ0v) is 14.8. The van der Waals surface area contributed by atoms with Gasteiger partial charge in [0, 0.05) is 23.5 Å². The molecule has 0 fully saturated rings. The van der Waals surface area contributed by atoms with Gasteiger partial charge in [0.1, 0.15) is 17.1 Å². The molecule has 7 heteroatoms. The maximum atomic E-state index is 12.4. The largest absolute Gasteiger partial charge is 0.496 e. The maximum Gasteiger partial charge on any atom is 0.271 e.